The van der Waals surface area contributed by atoms with E-state index in [1.54, 1.807) is 25.1 Å². The first-order valence-electron chi connectivity index (χ1n) is 27.6. The van der Waals surface area contributed by atoms with Crippen molar-refractivity contribution in [2.75, 3.05) is 86.8 Å². The van der Waals surface area contributed by atoms with E-state index in [-0.39, 0.29) is 56.2 Å². The smallest absolute Gasteiger partial charge is 0.324 e. The molecule has 77 heavy (non-hydrogen) atoms. The van der Waals surface area contributed by atoms with Gasteiger partial charge in [0.25, 0.3) is 5.91 Å². The van der Waals surface area contributed by atoms with Gasteiger partial charge in [0.05, 0.1) is 31.2 Å². The maximum atomic E-state index is 15.1. The highest BCUT2D eigenvalue weighted by Crippen LogP contribution is 2.42. The van der Waals surface area contributed by atoms with Crippen LogP contribution in [-0.4, -0.2) is 170 Å². The van der Waals surface area contributed by atoms with Gasteiger partial charge in [-0.3, -0.25) is 33.8 Å². The van der Waals surface area contributed by atoms with Gasteiger partial charge in [-0.1, -0.05) is 70.7 Å². The van der Waals surface area contributed by atoms with Crippen LogP contribution < -0.4 is 15.5 Å². The molecule has 0 radical (unpaired) electrons. The summed E-state index contributed by atoms with van der Waals surface area (Å²) in [4.78, 5) is 92.1. The topological polar surface area (TPSA) is 175 Å². The molecule has 4 atom stereocenters. The Morgan fingerprint density at radius 1 is 0.974 bits per heavy atom. The Kier molecular flexibility index (Phi) is 18.4. The molecule has 3 fully saturated rings. The van der Waals surface area contributed by atoms with E-state index in [0.29, 0.717) is 69.7 Å². The number of ether oxygens (including phenoxy) is 3. The van der Waals surface area contributed by atoms with Crippen LogP contribution in [-0.2, 0) is 64.0 Å². The molecule has 3 aromatic carbocycles. The Balaban J connectivity index is 1.23. The quantitative estimate of drug-likeness (QED) is 0.0822. The van der Waals surface area contributed by atoms with Gasteiger partial charge in [0, 0.05) is 101 Å². The number of methoxy groups -OCH3 is 1. The number of likely N-dealkylation sites (tertiary alicyclic amines) is 1. The second kappa shape index (κ2) is 24.9. The second-order valence-corrected chi connectivity index (χ2v) is 22.6. The minimum Gasteiger partial charge on any atom is -0.464 e. The Labute approximate surface area is 454 Å². The highest BCUT2D eigenvalue weighted by Gasteiger charge is 2.40. The molecule has 414 valence electrons. The number of hydrogen-bond acceptors (Lipinski definition) is 12. The van der Waals surface area contributed by atoms with Crippen molar-refractivity contribution >= 4 is 46.5 Å². The highest BCUT2D eigenvalue weighted by atomic mass is 16.5. The van der Waals surface area contributed by atoms with Crippen LogP contribution in [0, 0.1) is 17.3 Å². The molecule has 0 saturated carbocycles. The Bertz CT molecular complexity index is 2830. The van der Waals surface area contributed by atoms with Crippen LogP contribution in [0.5, 0.6) is 5.75 Å². The first-order valence-corrected chi connectivity index (χ1v) is 27.6. The van der Waals surface area contributed by atoms with Gasteiger partial charge in [0.15, 0.2) is 0 Å². The molecule has 0 spiro atoms. The van der Waals surface area contributed by atoms with Crippen molar-refractivity contribution in [3.8, 4) is 28.1 Å². The lowest BCUT2D eigenvalue weighted by atomic mass is 9.83. The van der Waals surface area contributed by atoms with Gasteiger partial charge < -0.3 is 43.7 Å². The number of cyclic esters (lactones) is 1. The normalized spacial score (nSPS) is 20.9. The average molecular weight is 1060 g/mol. The lowest BCUT2D eigenvalue weighted by Crippen LogP contribution is -2.62. The van der Waals surface area contributed by atoms with Crippen molar-refractivity contribution in [3.63, 3.8) is 0 Å². The maximum Gasteiger partial charge on any atom is 0.324 e. The molecule has 0 aliphatic carbocycles. The summed E-state index contributed by atoms with van der Waals surface area (Å²) in [6.45, 7) is 20.0. The third kappa shape index (κ3) is 13.3. The highest BCUT2D eigenvalue weighted by molar-refractivity contribution is 5.96. The summed E-state index contributed by atoms with van der Waals surface area (Å²) in [5.41, 5.74) is 10.3. The van der Waals surface area contributed by atoms with E-state index in [4.69, 9.17) is 14.2 Å². The Morgan fingerprint density at radius 2 is 1.74 bits per heavy atom. The molecular weight excluding hydrogens is 977 g/mol. The fraction of sp³-hybridized carbons (Fsp3) is 0.533. The molecule has 17 heteroatoms. The van der Waals surface area contributed by atoms with E-state index >= 15 is 4.79 Å². The maximum absolute atomic E-state index is 15.1. The van der Waals surface area contributed by atoms with Gasteiger partial charge in [-0.05, 0) is 110 Å². The number of nitrogens with zero attached hydrogens (tertiary/aromatic N) is 6. The molecule has 5 heterocycles. The zero-order valence-electron chi connectivity index (χ0n) is 46.5. The summed E-state index contributed by atoms with van der Waals surface area (Å²) >= 11 is 0. The van der Waals surface area contributed by atoms with Gasteiger partial charge in [-0.25, -0.2) is 5.43 Å². The number of hydrazine groups is 1. The van der Waals surface area contributed by atoms with E-state index < -0.39 is 47.2 Å². The average Bonchev–Trinajstić information content (AvgIpc) is 4.20. The lowest BCUT2D eigenvalue weighted by Gasteiger charge is -2.37. The van der Waals surface area contributed by atoms with Crippen LogP contribution in [0.25, 0.3) is 33.3 Å². The molecule has 1 unspecified atom stereocenters. The van der Waals surface area contributed by atoms with Gasteiger partial charge >= 0.3 is 11.9 Å². The number of carbonyl (C=O) groups is 6. The number of hydrogen-bond donors (Lipinski definition) is 2. The van der Waals surface area contributed by atoms with Crippen molar-refractivity contribution in [1.82, 2.24) is 39.9 Å². The SMILES string of the molecule is C=CC(=O)N1CC[C@H](C(=O)N(C)C(C(=O)N[C@H]2Cc3cc(OC(=O)CCN4CCN(C)CC4)cc(c3)-c3ccc4c(c3)c(c(-c3ccccc3CCOC)n4CC)CC(C)(C)COC(=O)[C@@H]3CCCN(N3)C2=O)C(C)C)C1. The predicted octanol–water partition coefficient (Wildman–Crippen LogP) is 5.89. The standard InChI is InChI=1S/C60H80N8O9/c1-10-52(69)66-25-20-43(37-66)57(72)64(8)54(39(3)4)56(71)61-50-33-40-31-44(34-45(32-40)77-53(70)21-24-65-28-26-63(7)27-29-65)42-18-19-51-47(35-42)48(55(67(51)11-2)46-16-13-12-15-41(46)22-30-75-9)36-60(5,6)38-76-59(74)49-17-14-23-68(62-49)58(50)73/h10,12-13,15-16,18-19,31-32,34-35,39,43,49-50,54,62H,1,11,14,17,20-30,33,36-38H2,2-9H3,(H,61,71)/t43-,49-,50-,54?/m0/s1. The molecule has 17 nitrogen and oxygen atoms in total. The monoisotopic (exact) mass is 1060 g/mol. The van der Waals surface area contributed by atoms with Crippen molar-refractivity contribution in [2.45, 2.75) is 104 Å². The summed E-state index contributed by atoms with van der Waals surface area (Å²) in [6, 6.07) is 17.4. The number of benzene rings is 3. The molecule has 4 aromatic rings. The number of nitrogens with one attached hydrogen (secondary N) is 2. The number of fused-ring (bicyclic) bond motifs is 6. The number of amides is 4. The largest absolute Gasteiger partial charge is 0.464 e. The molecule has 3 saturated heterocycles. The van der Waals surface area contributed by atoms with Crippen LogP contribution in [0.2, 0.25) is 0 Å². The van der Waals surface area contributed by atoms with Gasteiger partial charge in [-0.2, -0.15) is 0 Å². The lowest BCUT2D eigenvalue weighted by molar-refractivity contribution is -0.155. The fourth-order valence-electron chi connectivity index (χ4n) is 11.6. The van der Waals surface area contributed by atoms with E-state index in [2.05, 4.69) is 102 Å². The molecule has 6 bridgehead atoms. The zero-order valence-corrected chi connectivity index (χ0v) is 46.5. The van der Waals surface area contributed by atoms with Crippen molar-refractivity contribution in [2.24, 2.45) is 17.3 Å². The molecule has 4 aliphatic heterocycles. The molecule has 4 amide bonds. The Morgan fingerprint density at radius 3 is 2.47 bits per heavy atom. The zero-order chi connectivity index (χ0) is 55.1. The third-order valence-corrected chi connectivity index (χ3v) is 15.8. The number of esters is 2. The van der Waals surface area contributed by atoms with Crippen LogP contribution >= 0.6 is 0 Å². The molecular formula is C60H80N8O9. The summed E-state index contributed by atoms with van der Waals surface area (Å²) in [7, 11) is 5.40. The molecule has 2 N–H and O–H groups in total. The van der Waals surface area contributed by atoms with Gasteiger partial charge in [0.2, 0.25) is 17.7 Å². The summed E-state index contributed by atoms with van der Waals surface area (Å²) in [6.07, 6.45) is 4.03. The molecule has 8 rings (SSSR count). The molecule has 4 aliphatic rings. The van der Waals surface area contributed by atoms with Gasteiger partial charge in [0.1, 0.15) is 23.9 Å². The minimum absolute atomic E-state index is 0.0302. The number of likely N-dealkylation sites (N-methyl/N-ethyl adjacent to an activating group) is 2. The first kappa shape index (κ1) is 56.8. The van der Waals surface area contributed by atoms with E-state index in [1.165, 1.54) is 16.0 Å². The van der Waals surface area contributed by atoms with E-state index in [1.807, 2.05) is 26.0 Å². The Hall–Kier alpha value is -6.40. The summed E-state index contributed by atoms with van der Waals surface area (Å²) in [5, 5.41) is 5.50. The van der Waals surface area contributed by atoms with Crippen LogP contribution in [0.3, 0.4) is 0 Å². The number of aromatic nitrogens is 1. The third-order valence-electron chi connectivity index (χ3n) is 15.8. The van der Waals surface area contributed by atoms with Crippen LogP contribution in [0.4, 0.5) is 0 Å². The van der Waals surface area contributed by atoms with Crippen molar-refractivity contribution in [3.05, 3.63) is 90.0 Å². The van der Waals surface area contributed by atoms with Crippen molar-refractivity contribution in [1.29, 1.82) is 0 Å². The first-order chi connectivity index (χ1) is 36.9. The predicted molar refractivity (Wildman–Crippen MR) is 296 cm³/mol. The van der Waals surface area contributed by atoms with Crippen molar-refractivity contribution < 1.29 is 43.0 Å². The number of piperazine rings is 1. The summed E-state index contributed by atoms with van der Waals surface area (Å²) in [5.74, 6) is -3.00. The van der Waals surface area contributed by atoms with Crippen LogP contribution in [0.15, 0.2) is 73.3 Å². The number of aryl methyl sites for hydroxylation is 1. The van der Waals surface area contributed by atoms with Gasteiger partial charge in [-0.15, -0.1) is 0 Å². The van der Waals surface area contributed by atoms with Crippen LogP contribution in [0.1, 0.15) is 77.0 Å². The number of rotatable bonds is 15. The summed E-state index contributed by atoms with van der Waals surface area (Å²) < 4.78 is 20.4. The minimum atomic E-state index is -1.20. The number of carbonyl (C=O) groups excluding carboxylic acids is 6. The van der Waals surface area contributed by atoms with E-state index in [9.17, 15) is 24.0 Å². The molecule has 1 aromatic heterocycles. The van der Waals surface area contributed by atoms with E-state index in [0.717, 1.165) is 70.6 Å². The second-order valence-electron chi connectivity index (χ2n) is 22.6. The fourth-order valence-corrected chi connectivity index (χ4v) is 11.6.